The Balaban J connectivity index is 1.86. The molecule has 1 heterocycles. The van der Waals surface area contributed by atoms with Gasteiger partial charge < -0.3 is 15.3 Å². The average molecular weight is 276 g/mol. The molecule has 1 saturated heterocycles. The summed E-state index contributed by atoms with van der Waals surface area (Å²) in [6.07, 6.45) is 2.31. The topological polar surface area (TPSA) is 69.6 Å². The Bertz CT molecular complexity index is 484. The number of carbonyl (C=O) groups is 2. The third-order valence-electron chi connectivity index (χ3n) is 3.67. The van der Waals surface area contributed by atoms with E-state index in [1.165, 1.54) is 18.6 Å². The van der Waals surface area contributed by atoms with Gasteiger partial charge in [0, 0.05) is 18.7 Å². The van der Waals surface area contributed by atoms with Gasteiger partial charge in [0.15, 0.2) is 0 Å². The van der Waals surface area contributed by atoms with Crippen molar-refractivity contribution in [3.8, 4) is 0 Å². The summed E-state index contributed by atoms with van der Waals surface area (Å²) in [6, 6.07) is 5.99. The number of likely N-dealkylation sites (tertiary alicyclic amines) is 1. The van der Waals surface area contributed by atoms with Gasteiger partial charge in [0.1, 0.15) is 0 Å². The molecule has 1 aliphatic rings. The third-order valence-corrected chi connectivity index (χ3v) is 3.67. The minimum Gasteiger partial charge on any atom is -0.478 e. The summed E-state index contributed by atoms with van der Waals surface area (Å²) in [4.78, 5) is 25.0. The maximum Gasteiger partial charge on any atom is 0.335 e. The molecule has 2 N–H and O–H groups in total. The summed E-state index contributed by atoms with van der Waals surface area (Å²) in [5.74, 6) is -0.631. The fourth-order valence-electron chi connectivity index (χ4n) is 2.54. The molecule has 0 aromatic heterocycles. The van der Waals surface area contributed by atoms with Crippen molar-refractivity contribution >= 4 is 11.9 Å². The van der Waals surface area contributed by atoms with Crippen molar-refractivity contribution < 1.29 is 14.7 Å². The van der Waals surface area contributed by atoms with E-state index in [9.17, 15) is 9.59 Å². The minimum absolute atomic E-state index is 0.143. The second-order valence-corrected chi connectivity index (χ2v) is 5.36. The van der Waals surface area contributed by atoms with E-state index in [0.717, 1.165) is 19.5 Å². The van der Waals surface area contributed by atoms with Crippen LogP contribution in [0.25, 0.3) is 0 Å². The standard InChI is InChI=1S/C15H20N2O3/c1-17-8-2-3-11(10-17)9-16-14(18)12-4-6-13(7-5-12)15(19)20/h4-7,11H,2-3,8-10H2,1H3,(H,16,18)(H,19,20). The Kier molecular flexibility index (Phi) is 4.74. The van der Waals surface area contributed by atoms with E-state index in [1.807, 2.05) is 0 Å². The smallest absolute Gasteiger partial charge is 0.335 e. The first-order valence-electron chi connectivity index (χ1n) is 6.86. The van der Waals surface area contributed by atoms with Crippen LogP contribution >= 0.6 is 0 Å². The number of carbonyl (C=O) groups excluding carboxylic acids is 1. The molecule has 1 aromatic rings. The zero-order valence-corrected chi connectivity index (χ0v) is 11.6. The lowest BCUT2D eigenvalue weighted by atomic mass is 9.98. The SMILES string of the molecule is CN1CCCC(CNC(=O)c2ccc(C(=O)O)cc2)C1. The highest BCUT2D eigenvalue weighted by molar-refractivity contribution is 5.95. The molecule has 1 unspecified atom stereocenters. The van der Waals surface area contributed by atoms with Gasteiger partial charge >= 0.3 is 5.97 Å². The fraction of sp³-hybridized carbons (Fsp3) is 0.467. The molecule has 1 atom stereocenters. The van der Waals surface area contributed by atoms with E-state index >= 15 is 0 Å². The van der Waals surface area contributed by atoms with Gasteiger partial charge in [-0.1, -0.05) is 0 Å². The maximum absolute atomic E-state index is 12.0. The summed E-state index contributed by atoms with van der Waals surface area (Å²) in [6.45, 7) is 2.81. The molecule has 5 nitrogen and oxygen atoms in total. The van der Waals surface area contributed by atoms with E-state index in [2.05, 4.69) is 17.3 Å². The molecule has 108 valence electrons. The molecule has 1 fully saturated rings. The Labute approximate surface area is 118 Å². The average Bonchev–Trinajstić information content (AvgIpc) is 2.45. The van der Waals surface area contributed by atoms with Crippen LogP contribution in [0.3, 0.4) is 0 Å². The second-order valence-electron chi connectivity index (χ2n) is 5.36. The Morgan fingerprint density at radius 3 is 2.55 bits per heavy atom. The van der Waals surface area contributed by atoms with Gasteiger partial charge in [-0.3, -0.25) is 4.79 Å². The molecule has 2 rings (SSSR count). The Hall–Kier alpha value is -1.88. The van der Waals surface area contributed by atoms with Crippen LogP contribution in [0.15, 0.2) is 24.3 Å². The number of nitrogens with one attached hydrogen (secondary N) is 1. The van der Waals surface area contributed by atoms with Crippen molar-refractivity contribution in [3.05, 3.63) is 35.4 Å². The molecule has 0 saturated carbocycles. The Morgan fingerprint density at radius 2 is 1.95 bits per heavy atom. The largest absolute Gasteiger partial charge is 0.478 e. The zero-order chi connectivity index (χ0) is 14.5. The van der Waals surface area contributed by atoms with Crippen molar-refractivity contribution in [2.24, 2.45) is 5.92 Å². The summed E-state index contributed by atoms with van der Waals surface area (Å²) < 4.78 is 0. The van der Waals surface area contributed by atoms with Gasteiger partial charge in [-0.05, 0) is 56.6 Å². The van der Waals surface area contributed by atoms with Crippen molar-refractivity contribution in [1.82, 2.24) is 10.2 Å². The number of hydrogen-bond donors (Lipinski definition) is 2. The van der Waals surface area contributed by atoms with E-state index < -0.39 is 5.97 Å². The molecular weight excluding hydrogens is 256 g/mol. The first-order valence-corrected chi connectivity index (χ1v) is 6.86. The quantitative estimate of drug-likeness (QED) is 0.873. The number of benzene rings is 1. The lowest BCUT2D eigenvalue weighted by molar-refractivity contribution is 0.0696. The number of carboxylic acid groups (broad SMARTS) is 1. The molecule has 0 aliphatic carbocycles. The summed E-state index contributed by atoms with van der Waals surface area (Å²) >= 11 is 0. The summed E-state index contributed by atoms with van der Waals surface area (Å²) in [7, 11) is 2.10. The van der Waals surface area contributed by atoms with Crippen LogP contribution in [-0.4, -0.2) is 48.6 Å². The highest BCUT2D eigenvalue weighted by Gasteiger charge is 2.18. The van der Waals surface area contributed by atoms with Crippen LogP contribution in [0.2, 0.25) is 0 Å². The lowest BCUT2D eigenvalue weighted by Gasteiger charge is -2.29. The third kappa shape index (κ3) is 3.81. The van der Waals surface area contributed by atoms with Crippen LogP contribution in [0.4, 0.5) is 0 Å². The monoisotopic (exact) mass is 276 g/mol. The van der Waals surface area contributed by atoms with Crippen LogP contribution in [0.5, 0.6) is 0 Å². The number of carboxylic acids is 1. The fourth-order valence-corrected chi connectivity index (χ4v) is 2.54. The van der Waals surface area contributed by atoms with Crippen LogP contribution in [0, 0.1) is 5.92 Å². The molecule has 5 heteroatoms. The number of piperidine rings is 1. The highest BCUT2D eigenvalue weighted by atomic mass is 16.4. The molecule has 0 spiro atoms. The van der Waals surface area contributed by atoms with Crippen LogP contribution in [0.1, 0.15) is 33.6 Å². The number of amides is 1. The summed E-state index contributed by atoms with van der Waals surface area (Å²) in [5.41, 5.74) is 0.689. The van der Waals surface area contributed by atoms with Gasteiger partial charge in [-0.15, -0.1) is 0 Å². The van der Waals surface area contributed by atoms with Crippen LogP contribution in [-0.2, 0) is 0 Å². The van der Waals surface area contributed by atoms with E-state index in [1.54, 1.807) is 12.1 Å². The van der Waals surface area contributed by atoms with Gasteiger partial charge in [0.25, 0.3) is 5.91 Å². The first-order chi connectivity index (χ1) is 9.56. The number of nitrogens with zero attached hydrogens (tertiary/aromatic N) is 1. The van der Waals surface area contributed by atoms with Crippen molar-refractivity contribution in [1.29, 1.82) is 0 Å². The van der Waals surface area contributed by atoms with E-state index in [0.29, 0.717) is 18.0 Å². The lowest BCUT2D eigenvalue weighted by Crippen LogP contribution is -2.39. The molecule has 1 aliphatic heterocycles. The number of hydrogen-bond acceptors (Lipinski definition) is 3. The van der Waals surface area contributed by atoms with Gasteiger partial charge in [0.2, 0.25) is 0 Å². The number of aromatic carboxylic acids is 1. The Morgan fingerprint density at radius 1 is 1.30 bits per heavy atom. The number of rotatable bonds is 4. The summed E-state index contributed by atoms with van der Waals surface area (Å²) in [5, 5.41) is 11.7. The maximum atomic E-state index is 12.0. The molecular formula is C15H20N2O3. The molecule has 1 aromatic carbocycles. The molecule has 20 heavy (non-hydrogen) atoms. The molecule has 0 bridgehead atoms. The minimum atomic E-state index is -0.984. The first kappa shape index (κ1) is 14.5. The van der Waals surface area contributed by atoms with Gasteiger partial charge in [-0.2, -0.15) is 0 Å². The van der Waals surface area contributed by atoms with Crippen molar-refractivity contribution in [3.63, 3.8) is 0 Å². The van der Waals surface area contributed by atoms with E-state index in [4.69, 9.17) is 5.11 Å². The predicted molar refractivity (Wildman–Crippen MR) is 76.0 cm³/mol. The van der Waals surface area contributed by atoms with E-state index in [-0.39, 0.29) is 11.5 Å². The zero-order valence-electron chi connectivity index (χ0n) is 11.6. The van der Waals surface area contributed by atoms with Crippen LogP contribution < -0.4 is 5.32 Å². The highest BCUT2D eigenvalue weighted by Crippen LogP contribution is 2.14. The predicted octanol–water partition coefficient (Wildman–Crippen LogP) is 1.46. The second kappa shape index (κ2) is 6.52. The normalized spacial score (nSPS) is 19.6. The molecule has 1 amide bonds. The van der Waals surface area contributed by atoms with Gasteiger partial charge in [-0.25, -0.2) is 4.79 Å². The van der Waals surface area contributed by atoms with Gasteiger partial charge in [0.05, 0.1) is 5.56 Å². The van der Waals surface area contributed by atoms with Crippen molar-refractivity contribution in [2.45, 2.75) is 12.8 Å². The molecule has 0 radical (unpaired) electrons. The van der Waals surface area contributed by atoms with Crippen molar-refractivity contribution in [2.75, 3.05) is 26.7 Å².